The molecule has 0 heterocycles. The maximum absolute atomic E-state index is 14.4. The van der Waals surface area contributed by atoms with E-state index in [0.29, 0.717) is 0 Å². The minimum Gasteiger partial charge on any atom is -0.483 e. The average Bonchev–Trinajstić information content (AvgIpc) is 2.47. The zero-order chi connectivity index (χ0) is 16.3. The van der Waals surface area contributed by atoms with Gasteiger partial charge in [0.2, 0.25) is 0 Å². The predicted molar refractivity (Wildman–Crippen MR) is 79.6 cm³/mol. The minimum atomic E-state index is -1.09. The van der Waals surface area contributed by atoms with Gasteiger partial charge in [0.25, 0.3) is 5.91 Å². The standard InChI is InChI=1S/C16H16F2N2O2/c1-20(2)16(21)13-12(19)8-11(17)15(14(13)18)22-9-10-6-4-3-5-7-10/h3-8H,9,19H2,1-2H3. The van der Waals surface area contributed by atoms with Gasteiger partial charge in [0, 0.05) is 20.2 Å². The molecule has 0 saturated carbocycles. The largest absolute Gasteiger partial charge is 0.483 e. The van der Waals surface area contributed by atoms with Crippen molar-refractivity contribution < 1.29 is 18.3 Å². The number of ether oxygens (including phenoxy) is 1. The maximum atomic E-state index is 14.4. The molecule has 116 valence electrons. The Morgan fingerprint density at radius 3 is 2.45 bits per heavy atom. The summed E-state index contributed by atoms with van der Waals surface area (Å²) in [4.78, 5) is 13.1. The van der Waals surface area contributed by atoms with Crippen molar-refractivity contribution in [2.45, 2.75) is 6.61 Å². The van der Waals surface area contributed by atoms with Crippen LogP contribution in [0.15, 0.2) is 36.4 Å². The van der Waals surface area contributed by atoms with Crippen molar-refractivity contribution in [2.75, 3.05) is 19.8 Å². The Kier molecular flexibility index (Phi) is 4.60. The summed E-state index contributed by atoms with van der Waals surface area (Å²) >= 11 is 0. The van der Waals surface area contributed by atoms with Crippen LogP contribution in [0.3, 0.4) is 0 Å². The maximum Gasteiger partial charge on any atom is 0.258 e. The van der Waals surface area contributed by atoms with Gasteiger partial charge in [-0.2, -0.15) is 0 Å². The lowest BCUT2D eigenvalue weighted by Gasteiger charge is -2.16. The number of benzene rings is 2. The molecule has 0 unspecified atom stereocenters. The van der Waals surface area contributed by atoms with E-state index in [-0.39, 0.29) is 12.3 Å². The number of hydrogen-bond acceptors (Lipinski definition) is 3. The van der Waals surface area contributed by atoms with Gasteiger partial charge in [-0.25, -0.2) is 8.78 Å². The van der Waals surface area contributed by atoms with E-state index < -0.39 is 28.9 Å². The number of nitrogens with zero attached hydrogens (tertiary/aromatic N) is 1. The van der Waals surface area contributed by atoms with Crippen molar-refractivity contribution in [3.63, 3.8) is 0 Å². The van der Waals surface area contributed by atoms with Crippen molar-refractivity contribution in [3.8, 4) is 5.75 Å². The van der Waals surface area contributed by atoms with Gasteiger partial charge in [-0.3, -0.25) is 4.79 Å². The van der Waals surface area contributed by atoms with Crippen molar-refractivity contribution >= 4 is 11.6 Å². The molecule has 22 heavy (non-hydrogen) atoms. The van der Waals surface area contributed by atoms with E-state index in [0.717, 1.165) is 16.5 Å². The number of nitrogens with two attached hydrogens (primary N) is 1. The SMILES string of the molecule is CN(C)C(=O)c1c(N)cc(F)c(OCc2ccccc2)c1F. The van der Waals surface area contributed by atoms with Crippen molar-refractivity contribution in [2.24, 2.45) is 0 Å². The van der Waals surface area contributed by atoms with Crippen LogP contribution in [0.5, 0.6) is 5.75 Å². The Hall–Kier alpha value is -2.63. The Balaban J connectivity index is 2.35. The molecule has 2 aromatic carbocycles. The number of carbonyl (C=O) groups is 1. The molecule has 6 heteroatoms. The molecule has 2 rings (SSSR count). The van der Waals surface area contributed by atoms with E-state index >= 15 is 0 Å². The van der Waals surface area contributed by atoms with Gasteiger partial charge < -0.3 is 15.4 Å². The third kappa shape index (κ3) is 3.16. The molecular weight excluding hydrogens is 290 g/mol. The van der Waals surface area contributed by atoms with Crippen LogP contribution in [-0.2, 0) is 6.61 Å². The number of nitrogen functional groups attached to an aromatic ring is 1. The molecule has 0 spiro atoms. The average molecular weight is 306 g/mol. The normalized spacial score (nSPS) is 10.4. The molecule has 0 fully saturated rings. The Morgan fingerprint density at radius 1 is 1.23 bits per heavy atom. The lowest BCUT2D eigenvalue weighted by atomic mass is 10.1. The van der Waals surface area contributed by atoms with E-state index in [4.69, 9.17) is 10.5 Å². The molecule has 0 atom stereocenters. The third-order valence-corrected chi connectivity index (χ3v) is 3.05. The second kappa shape index (κ2) is 6.43. The number of anilines is 1. The first-order valence-electron chi connectivity index (χ1n) is 6.57. The molecule has 0 aromatic heterocycles. The summed E-state index contributed by atoms with van der Waals surface area (Å²) in [5.41, 5.74) is 5.65. The summed E-state index contributed by atoms with van der Waals surface area (Å²) in [5, 5.41) is 0. The Labute approximate surface area is 127 Å². The predicted octanol–water partition coefficient (Wildman–Crippen LogP) is 2.83. The lowest BCUT2D eigenvalue weighted by molar-refractivity contribution is 0.0822. The summed E-state index contributed by atoms with van der Waals surface area (Å²) in [7, 11) is 2.91. The van der Waals surface area contributed by atoms with Crippen molar-refractivity contribution in [1.29, 1.82) is 0 Å². The van der Waals surface area contributed by atoms with Gasteiger partial charge >= 0.3 is 0 Å². The second-order valence-corrected chi connectivity index (χ2v) is 4.94. The summed E-state index contributed by atoms with van der Waals surface area (Å²) in [6, 6.07) is 9.81. The molecule has 0 bridgehead atoms. The summed E-state index contributed by atoms with van der Waals surface area (Å²) in [6.07, 6.45) is 0. The zero-order valence-electron chi connectivity index (χ0n) is 12.3. The van der Waals surface area contributed by atoms with E-state index in [2.05, 4.69) is 0 Å². The van der Waals surface area contributed by atoms with E-state index in [9.17, 15) is 13.6 Å². The minimum absolute atomic E-state index is 0.0196. The van der Waals surface area contributed by atoms with Crippen LogP contribution in [0, 0.1) is 11.6 Å². The van der Waals surface area contributed by atoms with Gasteiger partial charge in [0.1, 0.15) is 12.2 Å². The number of carbonyl (C=O) groups excluding carboxylic acids is 1. The molecular formula is C16H16F2N2O2. The van der Waals surface area contributed by atoms with Crippen molar-refractivity contribution in [3.05, 3.63) is 59.2 Å². The lowest BCUT2D eigenvalue weighted by Crippen LogP contribution is -2.24. The highest BCUT2D eigenvalue weighted by atomic mass is 19.1. The Morgan fingerprint density at radius 2 is 1.86 bits per heavy atom. The molecule has 0 aliphatic heterocycles. The van der Waals surface area contributed by atoms with Gasteiger partial charge in [-0.1, -0.05) is 30.3 Å². The van der Waals surface area contributed by atoms with Crippen LogP contribution in [0.1, 0.15) is 15.9 Å². The van der Waals surface area contributed by atoms with Crippen LogP contribution in [0.2, 0.25) is 0 Å². The number of halogens is 2. The summed E-state index contributed by atoms with van der Waals surface area (Å²) < 4.78 is 33.5. The van der Waals surface area contributed by atoms with Crippen molar-refractivity contribution in [1.82, 2.24) is 4.90 Å². The number of amides is 1. The van der Waals surface area contributed by atoms with E-state index in [1.807, 2.05) is 6.07 Å². The van der Waals surface area contributed by atoms with Crippen LogP contribution in [0.4, 0.5) is 14.5 Å². The van der Waals surface area contributed by atoms with Gasteiger partial charge in [0.05, 0.1) is 5.69 Å². The molecule has 2 aromatic rings. The van der Waals surface area contributed by atoms with Crippen LogP contribution in [-0.4, -0.2) is 24.9 Å². The molecule has 2 N–H and O–H groups in total. The van der Waals surface area contributed by atoms with Crippen LogP contribution < -0.4 is 10.5 Å². The highest BCUT2D eigenvalue weighted by molar-refractivity contribution is 5.99. The summed E-state index contributed by atoms with van der Waals surface area (Å²) in [6.45, 7) is -0.0196. The van der Waals surface area contributed by atoms with Gasteiger partial charge in [0.15, 0.2) is 17.4 Å². The number of hydrogen-bond donors (Lipinski definition) is 1. The smallest absolute Gasteiger partial charge is 0.258 e. The highest BCUT2D eigenvalue weighted by Gasteiger charge is 2.24. The first kappa shape index (κ1) is 15.8. The number of rotatable bonds is 4. The topological polar surface area (TPSA) is 55.6 Å². The van der Waals surface area contributed by atoms with Crippen LogP contribution >= 0.6 is 0 Å². The van der Waals surface area contributed by atoms with Gasteiger partial charge in [-0.15, -0.1) is 0 Å². The highest BCUT2D eigenvalue weighted by Crippen LogP contribution is 2.30. The summed E-state index contributed by atoms with van der Waals surface area (Å²) in [5.74, 6) is -3.30. The molecule has 0 saturated heterocycles. The Bertz CT molecular complexity index is 688. The molecule has 0 aliphatic carbocycles. The first-order valence-corrected chi connectivity index (χ1v) is 6.57. The fourth-order valence-electron chi connectivity index (χ4n) is 1.92. The van der Waals surface area contributed by atoms with Crippen LogP contribution in [0.25, 0.3) is 0 Å². The molecule has 4 nitrogen and oxygen atoms in total. The van der Waals surface area contributed by atoms with Gasteiger partial charge in [-0.05, 0) is 5.56 Å². The quantitative estimate of drug-likeness (QED) is 0.884. The molecule has 1 amide bonds. The fraction of sp³-hybridized carbons (Fsp3) is 0.188. The first-order chi connectivity index (χ1) is 10.4. The molecule has 0 aliphatic rings. The van der Waals surface area contributed by atoms with E-state index in [1.165, 1.54) is 14.1 Å². The monoisotopic (exact) mass is 306 g/mol. The third-order valence-electron chi connectivity index (χ3n) is 3.05. The second-order valence-electron chi connectivity index (χ2n) is 4.94. The fourth-order valence-corrected chi connectivity index (χ4v) is 1.92. The molecule has 0 radical (unpaired) electrons. The zero-order valence-corrected chi connectivity index (χ0v) is 12.3. The van der Waals surface area contributed by atoms with E-state index in [1.54, 1.807) is 24.3 Å².